The first kappa shape index (κ1) is 26.4. The summed E-state index contributed by atoms with van der Waals surface area (Å²) in [5, 5.41) is 15.3. The highest BCUT2D eigenvalue weighted by atomic mass is 19.4. The molecule has 1 aliphatic heterocycles. The summed E-state index contributed by atoms with van der Waals surface area (Å²) in [6.07, 6.45) is -0.632. The molecular weight excluding hydrogens is 537 g/mol. The minimum Gasteiger partial charge on any atom is -0.481 e. The molecule has 2 heterocycles. The number of benzene rings is 3. The number of carboxylic acid groups (broad SMARTS) is 1. The molecule has 208 valence electrons. The van der Waals surface area contributed by atoms with E-state index in [1.165, 1.54) is 17.1 Å². The number of aryl methyl sites for hydroxylation is 1. The van der Waals surface area contributed by atoms with Crippen molar-refractivity contribution in [2.75, 3.05) is 0 Å². The van der Waals surface area contributed by atoms with Crippen LogP contribution in [0.15, 0.2) is 78.2 Å². The smallest absolute Gasteiger partial charge is 0.481 e. The molecule has 0 saturated carbocycles. The molecular formula is C30H23F3N4O4. The third kappa shape index (κ3) is 5.34. The molecule has 4 aromatic rings. The molecule has 1 aliphatic carbocycles. The zero-order valence-electron chi connectivity index (χ0n) is 21.5. The molecule has 1 aromatic heterocycles. The van der Waals surface area contributed by atoms with E-state index in [4.69, 9.17) is 10.2 Å². The van der Waals surface area contributed by atoms with Crippen molar-refractivity contribution in [2.45, 2.75) is 38.1 Å². The number of hydrazone groups is 1. The molecule has 0 spiro atoms. The number of aromatic nitrogens is 2. The standard InChI is InChI=1S/C30H23F3N4O4/c31-30(32,33)41-21-6-1-17(2-7-21)18-3-8-22-19(15-18)4-9-23-28(22)36-37(26(38)11-12-27(39)40)29(23)20-5-10-24-25(16-20)35-14-13-34-24/h1-3,5-8,10,13-16,23,29H,4,9,11-12H2,(H,39,40). The number of alkyl halides is 3. The fourth-order valence-electron chi connectivity index (χ4n) is 5.59. The van der Waals surface area contributed by atoms with Gasteiger partial charge in [-0.15, -0.1) is 13.2 Å². The summed E-state index contributed by atoms with van der Waals surface area (Å²) in [5.74, 6) is -1.84. The van der Waals surface area contributed by atoms with Gasteiger partial charge in [0.15, 0.2) is 0 Å². The van der Waals surface area contributed by atoms with Crippen molar-refractivity contribution >= 4 is 28.6 Å². The summed E-state index contributed by atoms with van der Waals surface area (Å²) in [6.45, 7) is 0. The Morgan fingerprint density at radius 1 is 0.927 bits per heavy atom. The largest absolute Gasteiger partial charge is 0.573 e. The quantitative estimate of drug-likeness (QED) is 0.314. The molecule has 2 aliphatic rings. The maximum absolute atomic E-state index is 13.3. The van der Waals surface area contributed by atoms with Gasteiger partial charge in [-0.05, 0) is 59.4 Å². The van der Waals surface area contributed by atoms with E-state index >= 15 is 0 Å². The molecule has 8 nitrogen and oxygen atoms in total. The number of halogens is 3. The lowest BCUT2D eigenvalue weighted by molar-refractivity contribution is -0.274. The van der Waals surface area contributed by atoms with Crippen molar-refractivity contribution in [2.24, 2.45) is 11.0 Å². The Hall–Kier alpha value is -4.80. The number of carboxylic acids is 1. The van der Waals surface area contributed by atoms with Crippen molar-refractivity contribution in [3.63, 3.8) is 0 Å². The van der Waals surface area contributed by atoms with Crippen molar-refractivity contribution in [1.82, 2.24) is 15.0 Å². The number of nitrogens with zero attached hydrogens (tertiary/aromatic N) is 4. The van der Waals surface area contributed by atoms with E-state index in [2.05, 4.69) is 14.7 Å². The number of aliphatic carboxylic acids is 1. The maximum Gasteiger partial charge on any atom is 0.573 e. The van der Waals surface area contributed by atoms with Gasteiger partial charge in [0.2, 0.25) is 5.91 Å². The average molecular weight is 561 g/mol. The number of carbonyl (C=O) groups excluding carboxylic acids is 1. The van der Waals surface area contributed by atoms with Gasteiger partial charge in [0.1, 0.15) is 5.75 Å². The van der Waals surface area contributed by atoms with Gasteiger partial charge in [-0.1, -0.05) is 36.4 Å². The first-order valence-electron chi connectivity index (χ1n) is 13.0. The van der Waals surface area contributed by atoms with Gasteiger partial charge >= 0.3 is 12.3 Å². The van der Waals surface area contributed by atoms with Crippen LogP contribution in [0.3, 0.4) is 0 Å². The molecule has 0 fully saturated rings. The Morgan fingerprint density at radius 2 is 1.66 bits per heavy atom. The fourth-order valence-corrected chi connectivity index (χ4v) is 5.59. The topological polar surface area (TPSA) is 105 Å². The van der Waals surface area contributed by atoms with Gasteiger partial charge in [0, 0.05) is 30.3 Å². The highest BCUT2D eigenvalue weighted by molar-refractivity contribution is 6.07. The van der Waals surface area contributed by atoms with Gasteiger partial charge in [0.25, 0.3) is 0 Å². The fraction of sp³-hybridized carbons (Fsp3) is 0.233. The Kier molecular flexibility index (Phi) is 6.64. The number of fused-ring (bicyclic) bond motifs is 4. The van der Waals surface area contributed by atoms with E-state index in [0.29, 0.717) is 18.4 Å². The number of ether oxygens (including phenoxy) is 1. The molecule has 6 rings (SSSR count). The van der Waals surface area contributed by atoms with Crippen molar-refractivity contribution < 1.29 is 32.6 Å². The normalized spacial score (nSPS) is 18.0. The summed E-state index contributed by atoms with van der Waals surface area (Å²) in [6, 6.07) is 16.7. The molecule has 3 aromatic carbocycles. The molecule has 1 N–H and O–H groups in total. The van der Waals surface area contributed by atoms with Crippen LogP contribution in [0.4, 0.5) is 13.2 Å². The van der Waals surface area contributed by atoms with Gasteiger partial charge in [0.05, 0.1) is 29.2 Å². The summed E-state index contributed by atoms with van der Waals surface area (Å²) < 4.78 is 41.6. The number of hydrogen-bond donors (Lipinski definition) is 1. The summed E-state index contributed by atoms with van der Waals surface area (Å²) >= 11 is 0. The molecule has 2 atom stereocenters. The van der Waals surface area contributed by atoms with Crippen molar-refractivity contribution in [3.05, 3.63) is 89.7 Å². The van der Waals surface area contributed by atoms with Gasteiger partial charge < -0.3 is 9.84 Å². The molecule has 11 heteroatoms. The predicted octanol–water partition coefficient (Wildman–Crippen LogP) is 5.91. The first-order chi connectivity index (χ1) is 19.7. The van der Waals surface area contributed by atoms with E-state index in [-0.39, 0.29) is 30.4 Å². The van der Waals surface area contributed by atoms with E-state index in [0.717, 1.165) is 39.0 Å². The average Bonchev–Trinajstić information content (AvgIpc) is 3.35. The number of rotatable bonds is 6. The first-order valence-corrected chi connectivity index (χ1v) is 13.0. The van der Waals surface area contributed by atoms with Crippen molar-refractivity contribution in [3.8, 4) is 16.9 Å². The van der Waals surface area contributed by atoms with Crippen LogP contribution < -0.4 is 4.74 Å². The van der Waals surface area contributed by atoms with Crippen LogP contribution in [0.25, 0.3) is 22.2 Å². The second-order valence-corrected chi connectivity index (χ2v) is 9.96. The van der Waals surface area contributed by atoms with Crippen LogP contribution in [0.1, 0.15) is 42.0 Å². The second-order valence-electron chi connectivity index (χ2n) is 9.96. The van der Waals surface area contributed by atoms with E-state index in [1.54, 1.807) is 24.5 Å². The number of hydrogen-bond acceptors (Lipinski definition) is 6. The SMILES string of the molecule is O=C(O)CCC(=O)N1N=C2c3ccc(-c4ccc(OC(F)(F)F)cc4)cc3CCC2C1c1ccc2nccnc2c1. The van der Waals surface area contributed by atoms with Crippen LogP contribution in [0, 0.1) is 5.92 Å². The second kappa shape index (κ2) is 10.3. The molecule has 41 heavy (non-hydrogen) atoms. The van der Waals surface area contributed by atoms with E-state index in [9.17, 15) is 22.8 Å². The van der Waals surface area contributed by atoms with Gasteiger partial charge in [-0.3, -0.25) is 19.6 Å². The number of amides is 1. The predicted molar refractivity (Wildman–Crippen MR) is 143 cm³/mol. The lowest BCUT2D eigenvalue weighted by atomic mass is 9.76. The van der Waals surface area contributed by atoms with Crippen LogP contribution >= 0.6 is 0 Å². The summed E-state index contributed by atoms with van der Waals surface area (Å²) in [5.41, 5.74) is 6.46. The molecule has 0 bridgehead atoms. The van der Waals surface area contributed by atoms with Crippen LogP contribution in [-0.4, -0.2) is 44.0 Å². The lowest BCUT2D eigenvalue weighted by Gasteiger charge is -2.30. The minimum absolute atomic E-state index is 0.116. The zero-order chi connectivity index (χ0) is 28.7. The van der Waals surface area contributed by atoms with Gasteiger partial charge in [-0.2, -0.15) is 5.10 Å². The zero-order valence-corrected chi connectivity index (χ0v) is 21.5. The highest BCUT2D eigenvalue weighted by Gasteiger charge is 2.44. The lowest BCUT2D eigenvalue weighted by Crippen LogP contribution is -2.32. The Morgan fingerprint density at radius 3 is 2.39 bits per heavy atom. The third-order valence-corrected chi connectivity index (χ3v) is 7.38. The number of carbonyl (C=O) groups is 2. The van der Waals surface area contributed by atoms with Crippen molar-refractivity contribution in [1.29, 1.82) is 0 Å². The minimum atomic E-state index is -4.76. The van der Waals surface area contributed by atoms with Crippen LogP contribution in [0.5, 0.6) is 5.75 Å². The highest BCUT2D eigenvalue weighted by Crippen LogP contribution is 2.44. The van der Waals surface area contributed by atoms with Crippen LogP contribution in [0.2, 0.25) is 0 Å². The van der Waals surface area contributed by atoms with Crippen LogP contribution in [-0.2, 0) is 16.0 Å². The van der Waals surface area contributed by atoms with Gasteiger partial charge in [-0.25, -0.2) is 5.01 Å². The Labute approximate surface area is 232 Å². The molecule has 0 saturated heterocycles. The molecule has 2 unspecified atom stereocenters. The van der Waals surface area contributed by atoms with E-state index < -0.39 is 18.4 Å². The Bertz CT molecular complexity index is 1690. The monoisotopic (exact) mass is 560 g/mol. The summed E-state index contributed by atoms with van der Waals surface area (Å²) in [4.78, 5) is 33.2. The third-order valence-electron chi connectivity index (χ3n) is 7.38. The maximum atomic E-state index is 13.3. The molecule has 1 amide bonds. The van der Waals surface area contributed by atoms with E-state index in [1.807, 2.05) is 36.4 Å². The summed E-state index contributed by atoms with van der Waals surface area (Å²) in [7, 11) is 0. The molecule has 0 radical (unpaired) electrons. The Balaban J connectivity index is 1.33.